The molecule has 2 heterocycles. The van der Waals surface area contributed by atoms with E-state index in [4.69, 9.17) is 0 Å². The molecule has 2 atom stereocenters. The van der Waals surface area contributed by atoms with Crippen LogP contribution in [0, 0.1) is 5.82 Å². The fraction of sp³-hybridized carbons (Fsp3) is 0.562. The summed E-state index contributed by atoms with van der Waals surface area (Å²) >= 11 is 0. The van der Waals surface area contributed by atoms with Gasteiger partial charge in [0.25, 0.3) is 0 Å². The first kappa shape index (κ1) is 14.3. The van der Waals surface area contributed by atoms with E-state index in [-0.39, 0.29) is 17.8 Å². The van der Waals surface area contributed by atoms with Gasteiger partial charge in [0, 0.05) is 24.2 Å². The van der Waals surface area contributed by atoms with Crippen LogP contribution in [-0.4, -0.2) is 24.5 Å². The van der Waals surface area contributed by atoms with Crippen molar-refractivity contribution in [3.05, 3.63) is 23.5 Å². The molecule has 2 aliphatic rings. The molecule has 2 aliphatic heterocycles. The normalized spacial score (nSPS) is 22.6. The monoisotopic (exact) mass is 291 g/mol. The minimum Gasteiger partial charge on any atom is -0.380 e. The minimum absolute atomic E-state index is 0.00302. The number of rotatable bonds is 4. The number of halogens is 1. The molecule has 1 amide bonds. The summed E-state index contributed by atoms with van der Waals surface area (Å²) in [4.78, 5) is 11.4. The molecule has 1 saturated heterocycles. The van der Waals surface area contributed by atoms with Gasteiger partial charge in [-0.15, -0.1) is 0 Å². The van der Waals surface area contributed by atoms with Crippen LogP contribution in [0.1, 0.15) is 38.2 Å². The molecule has 2 unspecified atom stereocenters. The Labute approximate surface area is 124 Å². The summed E-state index contributed by atoms with van der Waals surface area (Å²) in [6, 6.07) is 3.97. The van der Waals surface area contributed by atoms with Gasteiger partial charge in [0.1, 0.15) is 5.82 Å². The maximum absolute atomic E-state index is 14.2. The molecule has 3 N–H and O–H groups in total. The lowest BCUT2D eigenvalue weighted by atomic mass is 10.0. The van der Waals surface area contributed by atoms with Gasteiger partial charge >= 0.3 is 0 Å². The number of benzene rings is 1. The topological polar surface area (TPSA) is 53.2 Å². The van der Waals surface area contributed by atoms with E-state index in [0.717, 1.165) is 24.2 Å². The van der Waals surface area contributed by atoms with Gasteiger partial charge in [-0.05, 0) is 56.8 Å². The molecule has 0 bridgehead atoms. The molecule has 0 radical (unpaired) electrons. The molecule has 0 aromatic heterocycles. The quantitative estimate of drug-likeness (QED) is 0.799. The third kappa shape index (κ3) is 3.35. The van der Waals surface area contributed by atoms with Crippen LogP contribution in [0.15, 0.2) is 12.1 Å². The van der Waals surface area contributed by atoms with Gasteiger partial charge in [0.15, 0.2) is 0 Å². The van der Waals surface area contributed by atoms with Gasteiger partial charge in [-0.2, -0.15) is 0 Å². The summed E-state index contributed by atoms with van der Waals surface area (Å²) in [5.74, 6) is -0.237. The minimum atomic E-state index is -0.240. The highest BCUT2D eigenvalue weighted by Crippen LogP contribution is 2.29. The molecule has 0 aliphatic carbocycles. The molecule has 1 aromatic rings. The average molecular weight is 291 g/mol. The Morgan fingerprint density at radius 2 is 2.29 bits per heavy atom. The summed E-state index contributed by atoms with van der Waals surface area (Å²) in [5.41, 5.74) is 2.09. The number of carbonyl (C=O) groups is 1. The summed E-state index contributed by atoms with van der Waals surface area (Å²) < 4.78 is 14.2. The highest BCUT2D eigenvalue weighted by atomic mass is 19.1. The van der Waals surface area contributed by atoms with E-state index < -0.39 is 0 Å². The highest BCUT2D eigenvalue weighted by Gasteiger charge is 2.20. The van der Waals surface area contributed by atoms with Crippen LogP contribution in [0.4, 0.5) is 15.8 Å². The van der Waals surface area contributed by atoms with E-state index >= 15 is 0 Å². The molecule has 1 fully saturated rings. The molecule has 1 aromatic carbocycles. The summed E-state index contributed by atoms with van der Waals surface area (Å²) in [5, 5.41) is 9.50. The Balaban J connectivity index is 1.69. The first-order valence-corrected chi connectivity index (χ1v) is 7.74. The van der Waals surface area contributed by atoms with E-state index in [0.29, 0.717) is 24.6 Å². The molecule has 21 heavy (non-hydrogen) atoms. The van der Waals surface area contributed by atoms with Crippen LogP contribution >= 0.6 is 0 Å². The smallest absolute Gasteiger partial charge is 0.224 e. The summed E-state index contributed by atoms with van der Waals surface area (Å²) in [6.07, 6.45) is 4.43. The molecular weight excluding hydrogens is 269 g/mol. The number of amides is 1. The maximum Gasteiger partial charge on any atom is 0.224 e. The third-order valence-electron chi connectivity index (χ3n) is 4.29. The predicted molar refractivity (Wildman–Crippen MR) is 82.1 cm³/mol. The molecular formula is C16H22FN3O. The predicted octanol–water partition coefficient (Wildman–Crippen LogP) is 2.65. The zero-order valence-corrected chi connectivity index (χ0v) is 12.3. The molecule has 5 heteroatoms. The van der Waals surface area contributed by atoms with Crippen LogP contribution in [0.5, 0.6) is 0 Å². The molecule has 0 spiro atoms. The molecule has 4 nitrogen and oxygen atoms in total. The zero-order valence-electron chi connectivity index (χ0n) is 12.3. The SMILES string of the molecule is CC(CC1CCCN1)Nc1cc2c(cc1F)CCC(=O)N2. The number of hydrogen-bond donors (Lipinski definition) is 3. The van der Waals surface area contributed by atoms with Gasteiger partial charge in [-0.3, -0.25) is 4.79 Å². The van der Waals surface area contributed by atoms with Crippen molar-refractivity contribution in [3.8, 4) is 0 Å². The number of nitrogens with one attached hydrogen (secondary N) is 3. The summed E-state index contributed by atoms with van der Waals surface area (Å²) in [6.45, 7) is 3.15. The third-order valence-corrected chi connectivity index (χ3v) is 4.29. The van der Waals surface area contributed by atoms with Crippen LogP contribution < -0.4 is 16.0 Å². The van der Waals surface area contributed by atoms with Gasteiger partial charge in [0.2, 0.25) is 5.91 Å². The fourth-order valence-corrected chi connectivity index (χ4v) is 3.22. The molecule has 114 valence electrons. The van der Waals surface area contributed by atoms with Gasteiger partial charge in [0.05, 0.1) is 5.69 Å². The lowest BCUT2D eigenvalue weighted by molar-refractivity contribution is -0.116. The van der Waals surface area contributed by atoms with Crippen LogP contribution in [0.3, 0.4) is 0 Å². The van der Waals surface area contributed by atoms with Crippen molar-refractivity contribution in [2.24, 2.45) is 0 Å². The zero-order chi connectivity index (χ0) is 14.8. The second kappa shape index (κ2) is 6.02. The van der Waals surface area contributed by atoms with Crippen molar-refractivity contribution < 1.29 is 9.18 Å². The Morgan fingerprint density at radius 1 is 1.43 bits per heavy atom. The number of anilines is 2. The van der Waals surface area contributed by atoms with Crippen molar-refractivity contribution in [1.82, 2.24) is 5.32 Å². The van der Waals surface area contributed by atoms with E-state index in [2.05, 4.69) is 22.9 Å². The lowest BCUT2D eigenvalue weighted by Gasteiger charge is -2.22. The highest BCUT2D eigenvalue weighted by molar-refractivity contribution is 5.94. The van der Waals surface area contributed by atoms with Gasteiger partial charge in [-0.25, -0.2) is 4.39 Å². The number of fused-ring (bicyclic) bond motifs is 1. The molecule has 0 saturated carbocycles. The van der Waals surface area contributed by atoms with Crippen molar-refractivity contribution in [2.75, 3.05) is 17.2 Å². The van der Waals surface area contributed by atoms with Crippen molar-refractivity contribution in [3.63, 3.8) is 0 Å². The Morgan fingerprint density at radius 3 is 3.05 bits per heavy atom. The van der Waals surface area contributed by atoms with Crippen molar-refractivity contribution in [1.29, 1.82) is 0 Å². The number of hydrogen-bond acceptors (Lipinski definition) is 3. The Hall–Kier alpha value is -1.62. The molecule has 3 rings (SSSR count). The largest absolute Gasteiger partial charge is 0.380 e. The maximum atomic E-state index is 14.2. The van der Waals surface area contributed by atoms with Crippen LogP contribution in [0.25, 0.3) is 0 Å². The van der Waals surface area contributed by atoms with E-state index in [1.807, 2.05) is 0 Å². The van der Waals surface area contributed by atoms with Gasteiger partial charge in [-0.1, -0.05) is 0 Å². The number of carbonyl (C=O) groups excluding carboxylic acids is 1. The van der Waals surface area contributed by atoms with Crippen LogP contribution in [0.2, 0.25) is 0 Å². The van der Waals surface area contributed by atoms with E-state index in [1.165, 1.54) is 18.9 Å². The number of aryl methyl sites for hydroxylation is 1. The average Bonchev–Trinajstić information content (AvgIpc) is 2.93. The Bertz CT molecular complexity index is 541. The standard InChI is InChI=1S/C16H22FN3O/c1-10(7-12-3-2-6-18-12)19-15-9-14-11(8-13(15)17)4-5-16(21)20-14/h8-10,12,18-19H,2-7H2,1H3,(H,20,21). The van der Waals surface area contributed by atoms with Crippen molar-refractivity contribution >= 4 is 17.3 Å². The first-order chi connectivity index (χ1) is 10.1. The second-order valence-corrected chi connectivity index (χ2v) is 6.11. The van der Waals surface area contributed by atoms with E-state index in [1.54, 1.807) is 6.07 Å². The lowest BCUT2D eigenvalue weighted by Crippen LogP contribution is -2.29. The fourth-order valence-electron chi connectivity index (χ4n) is 3.22. The van der Waals surface area contributed by atoms with E-state index in [9.17, 15) is 9.18 Å². The first-order valence-electron chi connectivity index (χ1n) is 7.74. The van der Waals surface area contributed by atoms with Gasteiger partial charge < -0.3 is 16.0 Å². The van der Waals surface area contributed by atoms with Crippen molar-refractivity contribution in [2.45, 2.75) is 51.1 Å². The summed E-state index contributed by atoms with van der Waals surface area (Å²) in [7, 11) is 0. The second-order valence-electron chi connectivity index (χ2n) is 6.11. The van der Waals surface area contributed by atoms with Crippen LogP contribution in [-0.2, 0) is 11.2 Å². The Kier molecular flexibility index (Phi) is 4.10.